The molecule has 0 aliphatic carbocycles. The molecule has 6 N–H and O–H groups in total. The monoisotopic (exact) mass is 1260 g/mol. The molecule has 1 aliphatic heterocycles. The van der Waals surface area contributed by atoms with E-state index in [4.69, 9.17) is 9.47 Å². The molecule has 1 saturated heterocycles. The second-order valence-electron chi connectivity index (χ2n) is 26.4. The van der Waals surface area contributed by atoms with Crippen LogP contribution in [0, 0.1) is 0 Å². The number of aliphatic hydroxyl groups excluding tert-OH is 5. The number of allylic oxidation sites excluding steroid dienone is 15. The number of unbranched alkanes of at least 4 members (excludes halogenated alkanes) is 43. The molecular weight excluding hydrogens is 1110 g/mol. The minimum absolute atomic E-state index is 0.185. The van der Waals surface area contributed by atoms with Crippen LogP contribution in [0.2, 0.25) is 0 Å². The van der Waals surface area contributed by atoms with Crippen molar-refractivity contribution < 1.29 is 39.8 Å². The highest BCUT2D eigenvalue weighted by Gasteiger charge is 2.44. The first kappa shape index (κ1) is 85.1. The molecule has 0 aromatic carbocycles. The van der Waals surface area contributed by atoms with Crippen LogP contribution in [0.3, 0.4) is 0 Å². The molecule has 1 rings (SSSR count). The lowest BCUT2D eigenvalue weighted by Gasteiger charge is -2.40. The largest absolute Gasteiger partial charge is 0.394 e. The van der Waals surface area contributed by atoms with Gasteiger partial charge in [0.1, 0.15) is 24.4 Å². The molecule has 7 atom stereocenters. The van der Waals surface area contributed by atoms with Crippen molar-refractivity contribution >= 4 is 5.91 Å². The smallest absolute Gasteiger partial charge is 0.220 e. The zero-order chi connectivity index (χ0) is 64.9. The highest BCUT2D eigenvalue weighted by atomic mass is 16.7. The molecule has 9 nitrogen and oxygen atoms in total. The Balaban J connectivity index is 2.11. The number of hydrogen-bond acceptors (Lipinski definition) is 8. The van der Waals surface area contributed by atoms with Crippen molar-refractivity contribution in [2.45, 2.75) is 397 Å². The Labute approximate surface area is 555 Å². The summed E-state index contributed by atoms with van der Waals surface area (Å²) in [6, 6.07) is -0.829. The van der Waals surface area contributed by atoms with Crippen molar-refractivity contribution in [2.24, 2.45) is 0 Å². The second-order valence-corrected chi connectivity index (χ2v) is 26.4. The predicted molar refractivity (Wildman–Crippen MR) is 387 cm³/mol. The Morgan fingerprint density at radius 3 is 1.07 bits per heavy atom. The fraction of sp³-hybridized carbons (Fsp3) is 0.790. The van der Waals surface area contributed by atoms with Gasteiger partial charge in [-0.1, -0.05) is 361 Å². The summed E-state index contributed by atoms with van der Waals surface area (Å²) in [6.07, 6.45) is 94.0. The number of aliphatic hydroxyl groups is 5. The van der Waals surface area contributed by atoms with Gasteiger partial charge in [0.2, 0.25) is 5.91 Å². The van der Waals surface area contributed by atoms with Gasteiger partial charge in [0.15, 0.2) is 6.29 Å². The summed E-state index contributed by atoms with van der Waals surface area (Å²) in [5, 5.41) is 54.9. The van der Waals surface area contributed by atoms with Crippen LogP contribution in [0.5, 0.6) is 0 Å². The van der Waals surface area contributed by atoms with Gasteiger partial charge in [-0.2, -0.15) is 0 Å². The Kier molecular flexibility index (Phi) is 65.2. The molecule has 0 spiro atoms. The van der Waals surface area contributed by atoms with Crippen LogP contribution in [-0.2, 0) is 14.3 Å². The number of ether oxygens (including phenoxy) is 2. The van der Waals surface area contributed by atoms with Crippen molar-refractivity contribution in [3.8, 4) is 0 Å². The van der Waals surface area contributed by atoms with Crippen LogP contribution in [-0.4, -0.2) is 87.5 Å². The Morgan fingerprint density at radius 2 is 0.700 bits per heavy atom. The summed E-state index contributed by atoms with van der Waals surface area (Å²) in [7, 11) is 0. The third kappa shape index (κ3) is 56.6. The quantitative estimate of drug-likeness (QED) is 0.0261. The number of carbonyl (C=O) groups excluding carboxylic acids is 1. The van der Waals surface area contributed by atoms with Crippen LogP contribution < -0.4 is 5.32 Å². The maximum Gasteiger partial charge on any atom is 0.220 e. The predicted octanol–water partition coefficient (Wildman–Crippen LogP) is 21.8. The summed E-state index contributed by atoms with van der Waals surface area (Å²) in [6.45, 7) is 3.69. The molecule has 0 aromatic heterocycles. The molecule has 0 bridgehead atoms. The van der Waals surface area contributed by atoms with Crippen LogP contribution in [0.25, 0.3) is 0 Å². The molecule has 9 heteroatoms. The minimum atomic E-state index is -1.58. The molecule has 7 unspecified atom stereocenters. The standard InChI is InChI=1S/C81H145NO8/c1-3-5-7-9-11-13-15-17-19-21-23-25-27-29-31-33-35-37-38-39-41-43-45-47-49-51-53-55-57-59-61-63-65-67-69-71-77(85)82-74(73-89-81-80(88)79(87)78(86)76(72-83)90-81)75(84)70-68-66-64-62-60-58-56-54-52-50-48-46-44-42-40-36-34-32-30-28-26-24-22-20-18-16-14-12-10-8-6-4-2/h5,7,11,13,17,19,23,25,29,31,35,37,60,62,68,70,74-76,78-81,83-84,86-88H,3-4,6,8-10,12,14-16,18,20-22,24,26-28,30,32-34,36,38-59,61,63-67,69,71-73H2,1-2H3,(H,82,85)/b7-5-,13-11-,19-17-,25-23-,31-29-,37-35-,62-60+,70-68+. The number of amides is 1. The van der Waals surface area contributed by atoms with Gasteiger partial charge in [-0.3, -0.25) is 4.79 Å². The van der Waals surface area contributed by atoms with E-state index in [0.717, 1.165) is 77.0 Å². The van der Waals surface area contributed by atoms with E-state index in [2.05, 4.69) is 104 Å². The van der Waals surface area contributed by atoms with Gasteiger partial charge in [0, 0.05) is 6.42 Å². The number of rotatable bonds is 67. The zero-order valence-corrected chi connectivity index (χ0v) is 58.6. The minimum Gasteiger partial charge on any atom is -0.394 e. The first-order chi connectivity index (χ1) is 44.3. The fourth-order valence-corrected chi connectivity index (χ4v) is 11.9. The summed E-state index contributed by atoms with van der Waals surface area (Å²) in [4.78, 5) is 13.2. The second kappa shape index (κ2) is 69.0. The van der Waals surface area contributed by atoms with Gasteiger partial charge < -0.3 is 40.3 Å². The van der Waals surface area contributed by atoms with Crippen molar-refractivity contribution in [1.82, 2.24) is 5.32 Å². The lowest BCUT2D eigenvalue weighted by Crippen LogP contribution is -2.60. The molecule has 1 aliphatic rings. The third-order valence-electron chi connectivity index (χ3n) is 17.9. The molecular formula is C81H145NO8. The van der Waals surface area contributed by atoms with E-state index >= 15 is 0 Å². The molecule has 1 amide bonds. The lowest BCUT2D eigenvalue weighted by atomic mass is 9.99. The lowest BCUT2D eigenvalue weighted by molar-refractivity contribution is -0.302. The fourth-order valence-electron chi connectivity index (χ4n) is 11.9. The van der Waals surface area contributed by atoms with Crippen LogP contribution in [0.4, 0.5) is 0 Å². The summed E-state index contributed by atoms with van der Waals surface area (Å²) in [5.74, 6) is -0.185. The van der Waals surface area contributed by atoms with Crippen molar-refractivity contribution in [2.75, 3.05) is 13.2 Å². The van der Waals surface area contributed by atoms with Gasteiger partial charge in [-0.15, -0.1) is 0 Å². The molecule has 0 saturated carbocycles. The van der Waals surface area contributed by atoms with Crippen LogP contribution in [0.1, 0.15) is 354 Å². The molecule has 90 heavy (non-hydrogen) atoms. The van der Waals surface area contributed by atoms with E-state index in [1.807, 2.05) is 6.08 Å². The Hall–Kier alpha value is -2.89. The molecule has 0 radical (unpaired) electrons. The highest BCUT2D eigenvalue weighted by Crippen LogP contribution is 2.23. The van der Waals surface area contributed by atoms with Gasteiger partial charge in [-0.25, -0.2) is 0 Å². The maximum atomic E-state index is 13.2. The van der Waals surface area contributed by atoms with E-state index < -0.39 is 49.5 Å². The van der Waals surface area contributed by atoms with Crippen molar-refractivity contribution in [3.05, 3.63) is 97.2 Å². The number of hydrogen-bond donors (Lipinski definition) is 6. The zero-order valence-electron chi connectivity index (χ0n) is 58.6. The molecule has 522 valence electrons. The summed E-state index contributed by atoms with van der Waals surface area (Å²) < 4.78 is 11.3. The van der Waals surface area contributed by atoms with E-state index in [1.165, 1.54) is 257 Å². The molecule has 0 aromatic rings. The van der Waals surface area contributed by atoms with E-state index in [9.17, 15) is 30.3 Å². The maximum absolute atomic E-state index is 13.2. The first-order valence-electron chi connectivity index (χ1n) is 38.5. The average Bonchev–Trinajstić information content (AvgIpc) is 1.28. The molecule has 1 heterocycles. The molecule has 1 fully saturated rings. The average molecular weight is 1260 g/mol. The van der Waals surface area contributed by atoms with Gasteiger partial charge in [0.25, 0.3) is 0 Å². The van der Waals surface area contributed by atoms with Crippen LogP contribution >= 0.6 is 0 Å². The Morgan fingerprint density at radius 1 is 0.389 bits per heavy atom. The van der Waals surface area contributed by atoms with Crippen molar-refractivity contribution in [3.63, 3.8) is 0 Å². The highest BCUT2D eigenvalue weighted by molar-refractivity contribution is 5.76. The van der Waals surface area contributed by atoms with E-state index in [0.29, 0.717) is 6.42 Å². The summed E-state index contributed by atoms with van der Waals surface area (Å²) in [5.41, 5.74) is 0. The van der Waals surface area contributed by atoms with Gasteiger partial charge >= 0.3 is 0 Å². The number of carbonyl (C=O) groups is 1. The van der Waals surface area contributed by atoms with Crippen LogP contribution in [0.15, 0.2) is 97.2 Å². The Bertz CT molecular complexity index is 1750. The SMILES string of the molecule is CC/C=C\C/C=C\C/C=C\C/C=C\C/C=C\C/C=C\CCCCCCCCCCCCCCCCCCC(=O)NC(COC1OC(CO)C(O)C(O)C1O)C(O)/C=C/CC/C=C/CCCCCCCCCCCCCCCCCCCCCCCCCCCC. The third-order valence-corrected chi connectivity index (χ3v) is 17.9. The van der Waals surface area contributed by atoms with E-state index in [1.54, 1.807) is 6.08 Å². The van der Waals surface area contributed by atoms with Crippen molar-refractivity contribution in [1.29, 1.82) is 0 Å². The van der Waals surface area contributed by atoms with Gasteiger partial charge in [-0.05, 0) is 83.5 Å². The van der Waals surface area contributed by atoms with Gasteiger partial charge in [0.05, 0.1) is 25.4 Å². The topological polar surface area (TPSA) is 149 Å². The first-order valence-corrected chi connectivity index (χ1v) is 38.5. The number of nitrogens with one attached hydrogen (secondary N) is 1. The normalized spacial score (nSPS) is 18.3. The van der Waals surface area contributed by atoms with E-state index in [-0.39, 0.29) is 12.5 Å². The summed E-state index contributed by atoms with van der Waals surface area (Å²) >= 11 is 0.